The summed E-state index contributed by atoms with van der Waals surface area (Å²) in [6.07, 6.45) is 2.13. The van der Waals surface area contributed by atoms with Crippen molar-refractivity contribution in [2.24, 2.45) is 0 Å². The number of carbonyl (C=O) groups is 2. The van der Waals surface area contributed by atoms with Gasteiger partial charge in [-0.05, 0) is 46.1 Å². The number of nitrogens with zero attached hydrogens (tertiary/aromatic N) is 2. The normalized spacial score (nSPS) is 21.0. The number of nitrogens with one attached hydrogen (secondary N) is 1. The molecule has 1 N–H and O–H groups in total. The molecule has 2 aliphatic rings. The van der Waals surface area contributed by atoms with E-state index in [2.05, 4.69) is 5.32 Å². The zero-order valence-electron chi connectivity index (χ0n) is 18.7. The standard InChI is InChI=1S/C23H34FN3O4/c1-23(2,3)31-22(29)27-12-6-7-17(27)10-11-25-21(28)20(26-13-15-30-16-14-26)18-8-4-5-9-19(18)24/h4-5,8-9,17,20H,6-7,10-16H2,1-3H3,(H,25,28)/t17-,20-/m1/s1. The summed E-state index contributed by atoms with van der Waals surface area (Å²) in [5.41, 5.74) is -0.165. The van der Waals surface area contributed by atoms with E-state index < -0.39 is 11.6 Å². The first-order chi connectivity index (χ1) is 14.8. The highest BCUT2D eigenvalue weighted by molar-refractivity contribution is 5.83. The van der Waals surface area contributed by atoms with E-state index in [0.29, 0.717) is 51.4 Å². The quantitative estimate of drug-likeness (QED) is 0.744. The zero-order chi connectivity index (χ0) is 22.4. The van der Waals surface area contributed by atoms with Crippen molar-refractivity contribution in [3.8, 4) is 0 Å². The summed E-state index contributed by atoms with van der Waals surface area (Å²) in [6.45, 7) is 8.82. The molecule has 7 nitrogen and oxygen atoms in total. The predicted octanol–water partition coefficient (Wildman–Crippen LogP) is 3.10. The van der Waals surface area contributed by atoms with Crippen LogP contribution in [0.4, 0.5) is 9.18 Å². The maximum absolute atomic E-state index is 14.5. The van der Waals surface area contributed by atoms with Crippen molar-refractivity contribution in [3.63, 3.8) is 0 Å². The molecule has 3 rings (SSSR count). The van der Waals surface area contributed by atoms with Gasteiger partial charge in [-0.15, -0.1) is 0 Å². The molecule has 31 heavy (non-hydrogen) atoms. The van der Waals surface area contributed by atoms with Gasteiger partial charge in [-0.2, -0.15) is 0 Å². The van der Waals surface area contributed by atoms with Crippen molar-refractivity contribution in [1.29, 1.82) is 0 Å². The Morgan fingerprint density at radius 1 is 1.23 bits per heavy atom. The van der Waals surface area contributed by atoms with E-state index in [4.69, 9.17) is 9.47 Å². The van der Waals surface area contributed by atoms with Crippen LogP contribution < -0.4 is 5.32 Å². The lowest BCUT2D eigenvalue weighted by atomic mass is 10.0. The summed E-state index contributed by atoms with van der Waals surface area (Å²) in [6, 6.07) is 5.75. The lowest BCUT2D eigenvalue weighted by Gasteiger charge is -2.34. The third-order valence-electron chi connectivity index (χ3n) is 5.64. The van der Waals surface area contributed by atoms with Gasteiger partial charge in [-0.3, -0.25) is 9.69 Å². The fourth-order valence-corrected chi connectivity index (χ4v) is 4.19. The van der Waals surface area contributed by atoms with E-state index in [1.165, 1.54) is 6.07 Å². The van der Waals surface area contributed by atoms with Gasteiger partial charge in [0.05, 0.1) is 13.2 Å². The summed E-state index contributed by atoms with van der Waals surface area (Å²) < 4.78 is 25.4. The van der Waals surface area contributed by atoms with E-state index in [-0.39, 0.29) is 23.9 Å². The lowest BCUT2D eigenvalue weighted by molar-refractivity contribution is -0.128. The van der Waals surface area contributed by atoms with Gasteiger partial charge in [-0.25, -0.2) is 9.18 Å². The Morgan fingerprint density at radius 3 is 2.61 bits per heavy atom. The number of likely N-dealkylation sites (tertiary alicyclic amines) is 1. The van der Waals surface area contributed by atoms with Crippen molar-refractivity contribution in [1.82, 2.24) is 15.1 Å². The molecule has 2 heterocycles. The monoisotopic (exact) mass is 435 g/mol. The van der Waals surface area contributed by atoms with E-state index in [0.717, 1.165) is 12.8 Å². The van der Waals surface area contributed by atoms with Gasteiger partial charge >= 0.3 is 6.09 Å². The van der Waals surface area contributed by atoms with Crippen molar-refractivity contribution in [3.05, 3.63) is 35.6 Å². The smallest absolute Gasteiger partial charge is 0.410 e. The van der Waals surface area contributed by atoms with Crippen LogP contribution in [0, 0.1) is 5.82 Å². The molecule has 0 saturated carbocycles. The van der Waals surface area contributed by atoms with Gasteiger partial charge in [0.2, 0.25) is 5.91 Å². The Balaban J connectivity index is 1.60. The Bertz CT molecular complexity index is 761. The highest BCUT2D eigenvalue weighted by Crippen LogP contribution is 2.26. The van der Waals surface area contributed by atoms with E-state index >= 15 is 0 Å². The molecular formula is C23H34FN3O4. The molecule has 2 atom stereocenters. The zero-order valence-corrected chi connectivity index (χ0v) is 18.7. The molecule has 0 aromatic heterocycles. The first-order valence-electron chi connectivity index (χ1n) is 11.1. The molecule has 0 bridgehead atoms. The number of amides is 2. The maximum Gasteiger partial charge on any atom is 0.410 e. The molecule has 172 valence electrons. The fourth-order valence-electron chi connectivity index (χ4n) is 4.19. The Hall–Kier alpha value is -2.19. The Labute approximate surface area is 183 Å². The SMILES string of the molecule is CC(C)(C)OC(=O)N1CCC[C@@H]1CCNC(=O)[C@@H](c1ccccc1F)N1CCOCC1. The van der Waals surface area contributed by atoms with Gasteiger partial charge < -0.3 is 19.7 Å². The van der Waals surface area contributed by atoms with E-state index in [1.54, 1.807) is 23.1 Å². The van der Waals surface area contributed by atoms with E-state index in [9.17, 15) is 14.0 Å². The Kier molecular flexibility index (Phi) is 7.89. The van der Waals surface area contributed by atoms with Gasteiger partial charge in [0.15, 0.2) is 0 Å². The van der Waals surface area contributed by atoms with E-state index in [1.807, 2.05) is 25.7 Å². The average molecular weight is 436 g/mol. The molecule has 0 spiro atoms. The van der Waals surface area contributed by atoms with Crippen molar-refractivity contribution >= 4 is 12.0 Å². The maximum atomic E-state index is 14.5. The van der Waals surface area contributed by atoms with Crippen LogP contribution in [0.25, 0.3) is 0 Å². The number of halogens is 1. The van der Waals surface area contributed by atoms with Crippen molar-refractivity contribution in [2.45, 2.75) is 57.7 Å². The van der Waals surface area contributed by atoms with Crippen LogP contribution in [-0.2, 0) is 14.3 Å². The largest absolute Gasteiger partial charge is 0.444 e. The molecule has 2 aliphatic heterocycles. The van der Waals surface area contributed by atoms with Crippen LogP contribution >= 0.6 is 0 Å². The van der Waals surface area contributed by atoms with Crippen LogP contribution in [0.15, 0.2) is 24.3 Å². The molecule has 1 aromatic rings. The third-order valence-corrected chi connectivity index (χ3v) is 5.64. The number of hydrogen-bond donors (Lipinski definition) is 1. The predicted molar refractivity (Wildman–Crippen MR) is 115 cm³/mol. The number of morpholine rings is 1. The van der Waals surface area contributed by atoms with Gasteiger partial charge in [0.25, 0.3) is 0 Å². The van der Waals surface area contributed by atoms with Crippen LogP contribution in [0.2, 0.25) is 0 Å². The molecule has 8 heteroatoms. The summed E-state index contributed by atoms with van der Waals surface area (Å²) >= 11 is 0. The minimum absolute atomic E-state index is 0.0328. The number of hydrogen-bond acceptors (Lipinski definition) is 5. The van der Waals surface area contributed by atoms with Crippen LogP contribution in [0.5, 0.6) is 0 Å². The van der Waals surface area contributed by atoms with Crippen LogP contribution in [0.3, 0.4) is 0 Å². The number of carbonyl (C=O) groups excluding carboxylic acids is 2. The third kappa shape index (κ3) is 6.40. The summed E-state index contributed by atoms with van der Waals surface area (Å²) in [5.74, 6) is -0.616. The molecule has 2 amide bonds. The average Bonchev–Trinajstić information content (AvgIpc) is 3.18. The molecule has 1 aromatic carbocycles. The summed E-state index contributed by atoms with van der Waals surface area (Å²) in [7, 11) is 0. The molecule has 2 saturated heterocycles. The molecule has 0 radical (unpaired) electrons. The van der Waals surface area contributed by atoms with Gasteiger partial charge in [0, 0.05) is 37.8 Å². The number of rotatable bonds is 6. The second-order valence-electron chi connectivity index (χ2n) is 9.12. The second kappa shape index (κ2) is 10.4. The topological polar surface area (TPSA) is 71.1 Å². The first-order valence-corrected chi connectivity index (χ1v) is 11.1. The van der Waals surface area contributed by atoms with Crippen LogP contribution in [-0.4, -0.2) is 72.8 Å². The minimum atomic E-state index is -0.698. The van der Waals surface area contributed by atoms with Gasteiger partial charge in [-0.1, -0.05) is 18.2 Å². The molecule has 0 aliphatic carbocycles. The van der Waals surface area contributed by atoms with Crippen molar-refractivity contribution < 1.29 is 23.5 Å². The molecule has 0 unspecified atom stereocenters. The molecule has 2 fully saturated rings. The Morgan fingerprint density at radius 2 is 1.94 bits per heavy atom. The minimum Gasteiger partial charge on any atom is -0.444 e. The second-order valence-corrected chi connectivity index (χ2v) is 9.12. The van der Waals surface area contributed by atoms with Crippen LogP contribution in [0.1, 0.15) is 51.6 Å². The highest BCUT2D eigenvalue weighted by Gasteiger charge is 2.33. The molecular weight excluding hydrogens is 401 g/mol. The van der Waals surface area contributed by atoms with Crippen molar-refractivity contribution in [2.75, 3.05) is 39.4 Å². The summed E-state index contributed by atoms with van der Waals surface area (Å²) in [5, 5.41) is 2.97. The lowest BCUT2D eigenvalue weighted by Crippen LogP contribution is -2.47. The summed E-state index contributed by atoms with van der Waals surface area (Å²) in [4.78, 5) is 29.3. The van der Waals surface area contributed by atoms with Gasteiger partial charge in [0.1, 0.15) is 17.5 Å². The number of benzene rings is 1. The fraction of sp³-hybridized carbons (Fsp3) is 0.652. The first kappa shape index (κ1) is 23.5. The highest BCUT2D eigenvalue weighted by atomic mass is 19.1. The number of ether oxygens (including phenoxy) is 2.